The molecule has 0 aliphatic carbocycles. The van der Waals surface area contributed by atoms with Crippen LogP contribution in [0.5, 0.6) is 0 Å². The monoisotopic (exact) mass is 225 g/mol. The lowest BCUT2D eigenvalue weighted by Gasteiger charge is -2.07. The molecule has 0 saturated carbocycles. The molecular formula is C9H11N3S2. The standard InChI is InChI=1S/C9H11N3S2/c1-6-9(14-5-12-6)8(10)2-7-3-11-4-13-7/h3-5,8H,2,10H2,1H3. The fraction of sp³-hybridized carbons (Fsp3) is 0.333. The van der Waals surface area contributed by atoms with E-state index in [9.17, 15) is 0 Å². The molecule has 0 saturated heterocycles. The molecular weight excluding hydrogens is 214 g/mol. The third-order valence-corrected chi connectivity index (χ3v) is 3.89. The van der Waals surface area contributed by atoms with Crippen LogP contribution in [-0.4, -0.2) is 9.97 Å². The summed E-state index contributed by atoms with van der Waals surface area (Å²) < 4.78 is 0. The van der Waals surface area contributed by atoms with Crippen LogP contribution in [-0.2, 0) is 6.42 Å². The number of rotatable bonds is 3. The highest BCUT2D eigenvalue weighted by Gasteiger charge is 2.12. The Morgan fingerprint density at radius 3 is 2.86 bits per heavy atom. The largest absolute Gasteiger partial charge is 0.323 e. The molecule has 1 atom stereocenters. The first-order valence-corrected chi connectivity index (χ1v) is 6.06. The van der Waals surface area contributed by atoms with Crippen molar-refractivity contribution >= 4 is 22.7 Å². The quantitative estimate of drug-likeness (QED) is 0.870. The van der Waals surface area contributed by atoms with Gasteiger partial charge in [-0.25, -0.2) is 4.98 Å². The van der Waals surface area contributed by atoms with E-state index >= 15 is 0 Å². The molecule has 1 unspecified atom stereocenters. The van der Waals surface area contributed by atoms with Crippen molar-refractivity contribution in [1.29, 1.82) is 0 Å². The number of hydrogen-bond acceptors (Lipinski definition) is 5. The van der Waals surface area contributed by atoms with Crippen LogP contribution in [0.15, 0.2) is 17.2 Å². The summed E-state index contributed by atoms with van der Waals surface area (Å²) in [6, 6.07) is 0.0583. The zero-order chi connectivity index (χ0) is 9.97. The van der Waals surface area contributed by atoms with Crippen molar-refractivity contribution in [2.75, 3.05) is 0 Å². The Morgan fingerprint density at radius 2 is 2.29 bits per heavy atom. The lowest BCUT2D eigenvalue weighted by molar-refractivity contribution is 0.736. The first-order valence-electron chi connectivity index (χ1n) is 4.30. The summed E-state index contributed by atoms with van der Waals surface area (Å²) in [6.45, 7) is 2.00. The van der Waals surface area contributed by atoms with Gasteiger partial charge in [-0.3, -0.25) is 4.98 Å². The van der Waals surface area contributed by atoms with Gasteiger partial charge in [0.15, 0.2) is 0 Å². The molecule has 2 aromatic rings. The van der Waals surface area contributed by atoms with Crippen LogP contribution < -0.4 is 5.73 Å². The second-order valence-electron chi connectivity index (χ2n) is 3.08. The van der Waals surface area contributed by atoms with Crippen LogP contribution in [0.1, 0.15) is 21.5 Å². The number of aryl methyl sites for hydroxylation is 1. The topological polar surface area (TPSA) is 51.8 Å². The van der Waals surface area contributed by atoms with Gasteiger partial charge < -0.3 is 5.73 Å². The highest BCUT2D eigenvalue weighted by atomic mass is 32.1. The van der Waals surface area contributed by atoms with Gasteiger partial charge in [-0.1, -0.05) is 0 Å². The van der Waals surface area contributed by atoms with E-state index in [0.717, 1.165) is 12.1 Å². The predicted molar refractivity (Wildman–Crippen MR) is 59.6 cm³/mol. The third-order valence-electron chi connectivity index (χ3n) is 2.02. The summed E-state index contributed by atoms with van der Waals surface area (Å²) in [5, 5.41) is 0. The van der Waals surface area contributed by atoms with E-state index in [4.69, 9.17) is 5.73 Å². The normalized spacial score (nSPS) is 13.0. The Bertz CT molecular complexity index is 394. The molecule has 0 spiro atoms. The Labute approximate surface area is 90.6 Å². The molecule has 2 rings (SSSR count). The number of hydrogen-bond donors (Lipinski definition) is 1. The van der Waals surface area contributed by atoms with Crippen molar-refractivity contribution in [1.82, 2.24) is 9.97 Å². The van der Waals surface area contributed by atoms with Gasteiger partial charge in [0.2, 0.25) is 0 Å². The van der Waals surface area contributed by atoms with Crippen molar-refractivity contribution < 1.29 is 0 Å². The second kappa shape index (κ2) is 4.16. The highest BCUT2D eigenvalue weighted by molar-refractivity contribution is 7.10. The lowest BCUT2D eigenvalue weighted by Crippen LogP contribution is -2.12. The van der Waals surface area contributed by atoms with Crippen LogP contribution in [0.25, 0.3) is 0 Å². The Kier molecular flexibility index (Phi) is 2.90. The minimum absolute atomic E-state index is 0.0583. The number of thiazole rings is 2. The van der Waals surface area contributed by atoms with Crippen molar-refractivity contribution in [3.63, 3.8) is 0 Å². The van der Waals surface area contributed by atoms with Gasteiger partial charge >= 0.3 is 0 Å². The molecule has 0 amide bonds. The maximum absolute atomic E-state index is 6.08. The molecule has 3 nitrogen and oxygen atoms in total. The van der Waals surface area contributed by atoms with Gasteiger partial charge in [0, 0.05) is 28.4 Å². The molecule has 2 aromatic heterocycles. The first kappa shape index (κ1) is 9.76. The second-order valence-corrected chi connectivity index (χ2v) is 4.94. The molecule has 0 aromatic carbocycles. The number of nitrogens with two attached hydrogens (primary N) is 1. The molecule has 5 heteroatoms. The van der Waals surface area contributed by atoms with E-state index in [1.807, 2.05) is 24.1 Å². The average Bonchev–Trinajstić information content (AvgIpc) is 2.75. The van der Waals surface area contributed by atoms with Gasteiger partial charge in [-0.05, 0) is 6.92 Å². The molecule has 0 bridgehead atoms. The van der Waals surface area contributed by atoms with E-state index < -0.39 is 0 Å². The van der Waals surface area contributed by atoms with E-state index in [2.05, 4.69) is 9.97 Å². The fourth-order valence-electron chi connectivity index (χ4n) is 1.32. The maximum atomic E-state index is 6.08. The fourth-order valence-corrected chi connectivity index (χ4v) is 2.78. The molecule has 74 valence electrons. The Balaban J connectivity index is 2.10. The summed E-state index contributed by atoms with van der Waals surface area (Å²) in [4.78, 5) is 10.6. The lowest BCUT2D eigenvalue weighted by atomic mass is 10.1. The Hall–Kier alpha value is -0.780. The van der Waals surface area contributed by atoms with Crippen LogP contribution in [0.2, 0.25) is 0 Å². The summed E-state index contributed by atoms with van der Waals surface area (Å²) in [7, 11) is 0. The molecule has 2 heterocycles. The van der Waals surface area contributed by atoms with Crippen molar-refractivity contribution in [3.8, 4) is 0 Å². The molecule has 0 radical (unpaired) electrons. The Morgan fingerprint density at radius 1 is 1.43 bits per heavy atom. The predicted octanol–water partition coefficient (Wildman–Crippen LogP) is 2.15. The number of aromatic nitrogens is 2. The average molecular weight is 225 g/mol. The van der Waals surface area contributed by atoms with E-state index in [0.29, 0.717) is 0 Å². The van der Waals surface area contributed by atoms with E-state index in [1.165, 1.54) is 9.75 Å². The van der Waals surface area contributed by atoms with Crippen LogP contribution >= 0.6 is 22.7 Å². The minimum atomic E-state index is 0.0583. The summed E-state index contributed by atoms with van der Waals surface area (Å²) >= 11 is 3.28. The van der Waals surface area contributed by atoms with Crippen molar-refractivity contribution in [2.45, 2.75) is 19.4 Å². The van der Waals surface area contributed by atoms with Crippen LogP contribution in [0.4, 0.5) is 0 Å². The van der Waals surface area contributed by atoms with Crippen LogP contribution in [0.3, 0.4) is 0 Å². The molecule has 0 aliphatic rings. The maximum Gasteiger partial charge on any atom is 0.0798 e. The van der Waals surface area contributed by atoms with Crippen molar-refractivity contribution in [2.24, 2.45) is 5.73 Å². The zero-order valence-electron chi connectivity index (χ0n) is 7.80. The zero-order valence-corrected chi connectivity index (χ0v) is 9.44. The third kappa shape index (κ3) is 2.00. The van der Waals surface area contributed by atoms with Gasteiger partial charge in [0.1, 0.15) is 0 Å². The summed E-state index contributed by atoms with van der Waals surface area (Å²) in [5.41, 5.74) is 10.8. The molecule has 0 fully saturated rings. The van der Waals surface area contributed by atoms with Crippen LogP contribution in [0, 0.1) is 6.92 Å². The van der Waals surface area contributed by atoms with E-state index in [-0.39, 0.29) is 6.04 Å². The van der Waals surface area contributed by atoms with Gasteiger partial charge in [-0.2, -0.15) is 0 Å². The molecule has 0 aliphatic heterocycles. The van der Waals surface area contributed by atoms with Gasteiger partial charge in [0.25, 0.3) is 0 Å². The van der Waals surface area contributed by atoms with Gasteiger partial charge in [-0.15, -0.1) is 22.7 Å². The van der Waals surface area contributed by atoms with Crippen molar-refractivity contribution in [3.05, 3.63) is 32.7 Å². The number of nitrogens with zero attached hydrogens (tertiary/aromatic N) is 2. The smallest absolute Gasteiger partial charge is 0.0798 e. The molecule has 2 N–H and O–H groups in total. The SMILES string of the molecule is Cc1ncsc1C(N)Cc1cncs1. The highest BCUT2D eigenvalue weighted by Crippen LogP contribution is 2.23. The first-order chi connectivity index (χ1) is 6.77. The van der Waals surface area contributed by atoms with Gasteiger partial charge in [0.05, 0.1) is 16.7 Å². The summed E-state index contributed by atoms with van der Waals surface area (Å²) in [5.74, 6) is 0. The summed E-state index contributed by atoms with van der Waals surface area (Å²) in [6.07, 6.45) is 2.73. The van der Waals surface area contributed by atoms with E-state index in [1.54, 1.807) is 22.7 Å². The molecule has 14 heavy (non-hydrogen) atoms. The minimum Gasteiger partial charge on any atom is -0.323 e.